The highest BCUT2D eigenvalue weighted by atomic mass is 32.1. The average molecular weight is 127 g/mol. The minimum absolute atomic E-state index is 0.391. The zero-order valence-corrected chi connectivity index (χ0v) is 5.02. The van der Waals surface area contributed by atoms with Crippen molar-refractivity contribution in [3.05, 3.63) is 16.6 Å². The van der Waals surface area contributed by atoms with Crippen LogP contribution in [0.15, 0.2) is 11.7 Å². The third-order valence-electron chi connectivity index (χ3n) is 1.10. The molecule has 0 spiro atoms. The van der Waals surface area contributed by atoms with Crippen molar-refractivity contribution >= 4 is 11.3 Å². The van der Waals surface area contributed by atoms with E-state index in [-0.39, 0.29) is 0 Å². The summed E-state index contributed by atoms with van der Waals surface area (Å²) in [7, 11) is 0. The zero-order chi connectivity index (χ0) is 5.40. The lowest BCUT2D eigenvalue weighted by Crippen LogP contribution is -1.66. The molecule has 3 heteroatoms. The highest BCUT2D eigenvalue weighted by molar-refractivity contribution is 7.09. The van der Waals surface area contributed by atoms with Gasteiger partial charge in [0.05, 0.1) is 17.0 Å². The second-order valence-corrected chi connectivity index (χ2v) is 2.64. The Bertz CT molecular complexity index is 169. The Kier molecular flexibility index (Phi) is 0.856. The van der Waals surface area contributed by atoms with E-state index in [0.29, 0.717) is 6.10 Å². The molecule has 1 fully saturated rings. The lowest BCUT2D eigenvalue weighted by Gasteiger charge is -1.77. The predicted octanol–water partition coefficient (Wildman–Crippen LogP) is 1.21. The first kappa shape index (κ1) is 4.47. The zero-order valence-electron chi connectivity index (χ0n) is 4.20. The van der Waals surface area contributed by atoms with E-state index in [1.807, 2.05) is 11.7 Å². The van der Waals surface area contributed by atoms with Gasteiger partial charge in [0, 0.05) is 6.20 Å². The van der Waals surface area contributed by atoms with Gasteiger partial charge in [0.25, 0.3) is 0 Å². The summed E-state index contributed by atoms with van der Waals surface area (Å²) in [6.07, 6.45) is 2.25. The van der Waals surface area contributed by atoms with Gasteiger partial charge in [-0.1, -0.05) is 0 Å². The molecule has 1 aromatic heterocycles. The Balaban J connectivity index is 2.28. The number of hydrogen-bond donors (Lipinski definition) is 0. The van der Waals surface area contributed by atoms with Crippen molar-refractivity contribution < 1.29 is 4.74 Å². The van der Waals surface area contributed by atoms with E-state index in [0.717, 1.165) is 6.61 Å². The highest BCUT2D eigenvalue weighted by Gasteiger charge is 2.25. The first-order valence-corrected chi connectivity index (χ1v) is 3.35. The summed E-state index contributed by atoms with van der Waals surface area (Å²) in [6.45, 7) is 0.891. The summed E-state index contributed by atoms with van der Waals surface area (Å²) in [5, 5.41) is 0. The van der Waals surface area contributed by atoms with E-state index in [9.17, 15) is 0 Å². The Hall–Kier alpha value is -0.410. The largest absolute Gasteiger partial charge is 0.367 e. The van der Waals surface area contributed by atoms with Crippen LogP contribution < -0.4 is 0 Å². The topological polar surface area (TPSA) is 25.4 Å². The summed E-state index contributed by atoms with van der Waals surface area (Å²) in [6, 6.07) is 0. The molecule has 0 aromatic carbocycles. The second-order valence-electron chi connectivity index (χ2n) is 1.73. The normalized spacial score (nSPS) is 25.8. The van der Waals surface area contributed by atoms with Crippen molar-refractivity contribution in [2.45, 2.75) is 6.10 Å². The summed E-state index contributed by atoms with van der Waals surface area (Å²) in [5.41, 5.74) is 1.83. The fraction of sp³-hybridized carbons (Fsp3) is 0.400. The van der Waals surface area contributed by atoms with Gasteiger partial charge in [-0.3, -0.25) is 4.98 Å². The van der Waals surface area contributed by atoms with E-state index in [1.165, 1.54) is 4.88 Å². The lowest BCUT2D eigenvalue weighted by atomic mass is 10.4. The van der Waals surface area contributed by atoms with E-state index < -0.39 is 0 Å². The van der Waals surface area contributed by atoms with Gasteiger partial charge >= 0.3 is 0 Å². The van der Waals surface area contributed by atoms with Crippen molar-refractivity contribution in [2.24, 2.45) is 0 Å². The highest BCUT2D eigenvalue weighted by Crippen LogP contribution is 2.31. The molecule has 1 saturated heterocycles. The first-order chi connectivity index (χ1) is 3.97. The molecule has 1 aromatic rings. The van der Waals surface area contributed by atoms with Crippen LogP contribution in [0.3, 0.4) is 0 Å². The Labute approximate surface area is 51.1 Å². The molecule has 1 atom stereocenters. The maximum absolute atomic E-state index is 5.02. The van der Waals surface area contributed by atoms with E-state index in [2.05, 4.69) is 4.98 Å². The molecule has 2 nitrogen and oxygen atoms in total. The van der Waals surface area contributed by atoms with Gasteiger partial charge in [-0.05, 0) is 0 Å². The van der Waals surface area contributed by atoms with Crippen molar-refractivity contribution in [2.75, 3.05) is 6.61 Å². The molecule has 2 heterocycles. The number of epoxide rings is 1. The molecule has 0 amide bonds. The van der Waals surface area contributed by atoms with Gasteiger partial charge in [-0.25, -0.2) is 0 Å². The molecule has 1 aliphatic rings. The number of thiazole rings is 1. The molecule has 0 unspecified atom stereocenters. The fourth-order valence-electron chi connectivity index (χ4n) is 0.597. The molecule has 0 N–H and O–H groups in total. The van der Waals surface area contributed by atoms with E-state index in [4.69, 9.17) is 4.74 Å². The average Bonchev–Trinajstić information content (AvgIpc) is 2.49. The fourth-order valence-corrected chi connectivity index (χ4v) is 1.25. The van der Waals surface area contributed by atoms with Crippen LogP contribution in [0.4, 0.5) is 0 Å². The van der Waals surface area contributed by atoms with Crippen LogP contribution in [-0.4, -0.2) is 11.6 Å². The molecule has 0 radical (unpaired) electrons. The van der Waals surface area contributed by atoms with Crippen LogP contribution in [0, 0.1) is 0 Å². The van der Waals surface area contributed by atoms with E-state index >= 15 is 0 Å². The molecule has 0 bridgehead atoms. The monoisotopic (exact) mass is 127 g/mol. The number of rotatable bonds is 1. The van der Waals surface area contributed by atoms with Crippen LogP contribution in [0.5, 0.6) is 0 Å². The van der Waals surface area contributed by atoms with Crippen LogP contribution >= 0.6 is 11.3 Å². The lowest BCUT2D eigenvalue weighted by molar-refractivity contribution is 0.418. The number of nitrogens with zero attached hydrogens (tertiary/aromatic N) is 1. The summed E-state index contributed by atoms with van der Waals surface area (Å²) >= 11 is 1.66. The maximum atomic E-state index is 5.02. The quantitative estimate of drug-likeness (QED) is 0.530. The van der Waals surface area contributed by atoms with Gasteiger partial charge in [0.1, 0.15) is 6.10 Å². The Morgan fingerprint density at radius 2 is 2.75 bits per heavy atom. The van der Waals surface area contributed by atoms with Crippen molar-refractivity contribution in [3.8, 4) is 0 Å². The molecule has 2 rings (SSSR count). The third-order valence-corrected chi connectivity index (χ3v) is 1.97. The van der Waals surface area contributed by atoms with Crippen molar-refractivity contribution in [1.29, 1.82) is 0 Å². The predicted molar refractivity (Wildman–Crippen MR) is 30.8 cm³/mol. The first-order valence-electron chi connectivity index (χ1n) is 2.47. The Morgan fingerprint density at radius 1 is 1.88 bits per heavy atom. The molecule has 42 valence electrons. The molecule has 0 saturated carbocycles. The maximum Gasteiger partial charge on any atom is 0.117 e. The van der Waals surface area contributed by atoms with E-state index in [1.54, 1.807) is 11.3 Å². The van der Waals surface area contributed by atoms with Crippen LogP contribution in [0.25, 0.3) is 0 Å². The minimum atomic E-state index is 0.391. The molecule has 0 aliphatic carbocycles. The van der Waals surface area contributed by atoms with Gasteiger partial charge in [-0.15, -0.1) is 11.3 Å². The second kappa shape index (κ2) is 1.53. The Morgan fingerprint density at radius 3 is 3.25 bits per heavy atom. The number of aromatic nitrogens is 1. The summed E-state index contributed by atoms with van der Waals surface area (Å²) in [5.74, 6) is 0. The molecular formula is C5H5NOS. The van der Waals surface area contributed by atoms with Crippen LogP contribution in [-0.2, 0) is 4.74 Å². The molecular weight excluding hydrogens is 122 g/mol. The third kappa shape index (κ3) is 0.638. The smallest absolute Gasteiger partial charge is 0.117 e. The molecule has 8 heavy (non-hydrogen) atoms. The van der Waals surface area contributed by atoms with Crippen molar-refractivity contribution in [1.82, 2.24) is 4.98 Å². The summed E-state index contributed by atoms with van der Waals surface area (Å²) < 4.78 is 5.02. The van der Waals surface area contributed by atoms with Crippen molar-refractivity contribution in [3.63, 3.8) is 0 Å². The minimum Gasteiger partial charge on any atom is -0.367 e. The molecule has 1 aliphatic heterocycles. The summed E-state index contributed by atoms with van der Waals surface area (Å²) in [4.78, 5) is 5.18. The number of hydrogen-bond acceptors (Lipinski definition) is 3. The van der Waals surface area contributed by atoms with Gasteiger partial charge in [0.15, 0.2) is 0 Å². The SMILES string of the molecule is c1ncc([C@@H]2CO2)s1. The van der Waals surface area contributed by atoms with Crippen LogP contribution in [0.1, 0.15) is 11.0 Å². The van der Waals surface area contributed by atoms with Crippen LogP contribution in [0.2, 0.25) is 0 Å². The standard InChI is InChI=1S/C5H5NOS/c1-5(4-2-7-4)8-3-6-1/h1,3-4H,2H2/t4-/m0/s1. The van der Waals surface area contributed by atoms with Gasteiger partial charge < -0.3 is 4.74 Å². The van der Waals surface area contributed by atoms with Gasteiger partial charge in [-0.2, -0.15) is 0 Å². The number of ether oxygens (including phenoxy) is 1. The van der Waals surface area contributed by atoms with Gasteiger partial charge in [0.2, 0.25) is 0 Å².